The second-order valence-corrected chi connectivity index (χ2v) is 16.3. The third kappa shape index (κ3) is 6.26. The summed E-state index contributed by atoms with van der Waals surface area (Å²) < 4.78 is 0. The normalized spacial score (nSPS) is 16.8. The van der Waals surface area contributed by atoms with Crippen LogP contribution < -0.4 is 0 Å². The molecule has 0 aromatic heterocycles. The SMILES string of the molecule is CCCCC1=Cc2c(-c3ccc4ccccc4c3)cccc2C1C[SiH2]CC1C(CCCC)=Cc2c(-c3ccc4ccccc4c3)cccc21. The summed E-state index contributed by atoms with van der Waals surface area (Å²) >= 11 is 0. The number of unbranched alkanes of at least 4 members (excludes halogenated alkanes) is 2. The summed E-state index contributed by atoms with van der Waals surface area (Å²) in [5.41, 5.74) is 15.0. The molecule has 49 heavy (non-hydrogen) atoms. The highest BCUT2D eigenvalue weighted by molar-refractivity contribution is 6.36. The van der Waals surface area contributed by atoms with Gasteiger partial charge in [-0.2, -0.15) is 0 Å². The Kier molecular flexibility index (Phi) is 9.20. The Balaban J connectivity index is 1.07. The molecular formula is C48H48Si. The topological polar surface area (TPSA) is 0 Å². The van der Waals surface area contributed by atoms with Crippen LogP contribution >= 0.6 is 0 Å². The van der Waals surface area contributed by atoms with Crippen LogP contribution in [0.15, 0.2) is 132 Å². The molecule has 0 fully saturated rings. The lowest BCUT2D eigenvalue weighted by Crippen LogP contribution is -2.08. The van der Waals surface area contributed by atoms with E-state index >= 15 is 0 Å². The van der Waals surface area contributed by atoms with Crippen molar-refractivity contribution in [3.8, 4) is 22.3 Å². The van der Waals surface area contributed by atoms with Gasteiger partial charge in [0, 0.05) is 21.4 Å². The van der Waals surface area contributed by atoms with Gasteiger partial charge in [0.15, 0.2) is 0 Å². The third-order valence-corrected chi connectivity index (χ3v) is 13.3. The maximum absolute atomic E-state index is 2.60. The van der Waals surface area contributed by atoms with Gasteiger partial charge in [-0.25, -0.2) is 0 Å². The Labute approximate surface area is 295 Å². The average Bonchev–Trinajstić information content (AvgIpc) is 3.70. The van der Waals surface area contributed by atoms with E-state index in [-0.39, 0.29) is 9.52 Å². The zero-order valence-corrected chi connectivity index (χ0v) is 30.6. The molecule has 0 nitrogen and oxygen atoms in total. The largest absolute Gasteiger partial charge is 0.0654 e. The number of rotatable bonds is 12. The molecule has 1 heteroatoms. The Hall–Kier alpha value is -4.46. The van der Waals surface area contributed by atoms with Crippen molar-refractivity contribution in [2.24, 2.45) is 0 Å². The molecule has 6 aromatic rings. The van der Waals surface area contributed by atoms with E-state index in [2.05, 4.69) is 147 Å². The highest BCUT2D eigenvalue weighted by Gasteiger charge is 2.30. The molecule has 8 rings (SSSR count). The number of fused-ring (bicyclic) bond motifs is 4. The van der Waals surface area contributed by atoms with Gasteiger partial charge in [0.25, 0.3) is 0 Å². The average molecular weight is 653 g/mol. The van der Waals surface area contributed by atoms with Crippen LogP contribution in [0.1, 0.15) is 86.5 Å². The summed E-state index contributed by atoms with van der Waals surface area (Å²) in [6.45, 7) is 4.67. The summed E-state index contributed by atoms with van der Waals surface area (Å²) in [5, 5.41) is 5.27. The first-order valence-electron chi connectivity index (χ1n) is 18.9. The first-order valence-corrected chi connectivity index (χ1v) is 20.9. The summed E-state index contributed by atoms with van der Waals surface area (Å²) in [6.07, 6.45) is 12.7. The van der Waals surface area contributed by atoms with E-state index in [0.717, 1.165) is 0 Å². The van der Waals surface area contributed by atoms with Crippen LogP contribution in [0.4, 0.5) is 0 Å². The van der Waals surface area contributed by atoms with E-state index in [4.69, 9.17) is 0 Å². The van der Waals surface area contributed by atoms with Crippen LogP contribution in [0.25, 0.3) is 56.0 Å². The molecule has 0 bridgehead atoms. The molecule has 0 N–H and O–H groups in total. The highest BCUT2D eigenvalue weighted by atomic mass is 28.2. The molecule has 2 aliphatic rings. The lowest BCUT2D eigenvalue weighted by atomic mass is 9.91. The predicted octanol–water partition coefficient (Wildman–Crippen LogP) is 13.4. The first-order chi connectivity index (χ1) is 24.2. The Morgan fingerprint density at radius 1 is 0.469 bits per heavy atom. The maximum Gasteiger partial charge on any atom is 0.0218 e. The Morgan fingerprint density at radius 3 is 1.37 bits per heavy atom. The molecule has 0 spiro atoms. The van der Waals surface area contributed by atoms with Crippen molar-refractivity contribution < 1.29 is 0 Å². The quantitative estimate of drug-likeness (QED) is 0.115. The van der Waals surface area contributed by atoms with Crippen molar-refractivity contribution in [3.63, 3.8) is 0 Å². The number of benzene rings is 6. The minimum absolute atomic E-state index is 0.324. The molecule has 244 valence electrons. The second kappa shape index (κ2) is 14.2. The van der Waals surface area contributed by atoms with E-state index in [9.17, 15) is 0 Å². The lowest BCUT2D eigenvalue weighted by Gasteiger charge is -2.21. The Morgan fingerprint density at radius 2 is 0.918 bits per heavy atom. The zero-order chi connectivity index (χ0) is 33.2. The summed E-state index contributed by atoms with van der Waals surface area (Å²) in [4.78, 5) is 0. The van der Waals surface area contributed by atoms with Crippen molar-refractivity contribution >= 4 is 43.2 Å². The molecule has 0 saturated carbocycles. The van der Waals surface area contributed by atoms with Crippen LogP contribution in [0, 0.1) is 0 Å². The highest BCUT2D eigenvalue weighted by Crippen LogP contribution is 2.48. The van der Waals surface area contributed by atoms with Gasteiger partial charge in [-0.15, -0.1) is 0 Å². The van der Waals surface area contributed by atoms with Gasteiger partial charge in [-0.05, 0) is 104 Å². The minimum Gasteiger partial charge on any atom is -0.0654 e. The minimum atomic E-state index is -0.324. The molecule has 0 radical (unpaired) electrons. The van der Waals surface area contributed by atoms with Crippen molar-refractivity contribution in [1.82, 2.24) is 0 Å². The van der Waals surface area contributed by atoms with Gasteiger partial charge in [0.1, 0.15) is 0 Å². The molecule has 2 unspecified atom stereocenters. The van der Waals surface area contributed by atoms with E-state index in [1.165, 1.54) is 106 Å². The smallest absolute Gasteiger partial charge is 0.0218 e. The first kappa shape index (κ1) is 31.8. The predicted molar refractivity (Wildman–Crippen MR) is 217 cm³/mol. The Bertz CT molecular complexity index is 2040. The fourth-order valence-corrected chi connectivity index (χ4v) is 11.2. The van der Waals surface area contributed by atoms with Crippen molar-refractivity contribution in [3.05, 3.63) is 155 Å². The fraction of sp³-hybridized carbons (Fsp3) is 0.250. The molecule has 0 saturated heterocycles. The summed E-state index contributed by atoms with van der Waals surface area (Å²) in [5.74, 6) is 1.17. The van der Waals surface area contributed by atoms with Gasteiger partial charge in [0.05, 0.1) is 0 Å². The molecule has 2 atom stereocenters. The van der Waals surface area contributed by atoms with Gasteiger partial charge in [0.2, 0.25) is 0 Å². The monoisotopic (exact) mass is 652 g/mol. The molecule has 0 aliphatic heterocycles. The van der Waals surface area contributed by atoms with Gasteiger partial charge >= 0.3 is 0 Å². The van der Waals surface area contributed by atoms with Gasteiger partial charge in [-0.1, -0.05) is 171 Å². The van der Waals surface area contributed by atoms with Crippen molar-refractivity contribution in [1.29, 1.82) is 0 Å². The van der Waals surface area contributed by atoms with Gasteiger partial charge in [-0.3, -0.25) is 0 Å². The molecule has 0 amide bonds. The lowest BCUT2D eigenvalue weighted by molar-refractivity contribution is 0.730. The second-order valence-electron chi connectivity index (χ2n) is 14.4. The van der Waals surface area contributed by atoms with Crippen LogP contribution in [0.2, 0.25) is 12.1 Å². The third-order valence-electron chi connectivity index (χ3n) is 11.3. The van der Waals surface area contributed by atoms with Gasteiger partial charge < -0.3 is 0 Å². The fourth-order valence-electron chi connectivity index (χ4n) is 8.75. The molecule has 2 aliphatic carbocycles. The number of allylic oxidation sites excluding steroid dienone is 2. The molecule has 6 aromatic carbocycles. The van der Waals surface area contributed by atoms with E-state index in [1.54, 1.807) is 22.3 Å². The zero-order valence-electron chi connectivity index (χ0n) is 29.2. The summed E-state index contributed by atoms with van der Waals surface area (Å²) in [7, 11) is -0.324. The van der Waals surface area contributed by atoms with Crippen LogP contribution in [0.5, 0.6) is 0 Å². The molecular weight excluding hydrogens is 605 g/mol. The van der Waals surface area contributed by atoms with E-state index in [0.29, 0.717) is 11.8 Å². The maximum atomic E-state index is 2.60. The summed E-state index contributed by atoms with van der Waals surface area (Å²) in [6, 6.07) is 48.5. The standard InChI is InChI=1S/C48H48Si/c1-3-5-13-37-29-45-41(39-25-23-33-15-7-9-17-35(33)27-39)19-11-21-43(45)47(37)31-49-32-48-38(14-6-4-2)30-46-42(20-12-22-44(46)48)40-26-24-34-16-8-10-18-36(34)28-40/h7-12,15-30,47-48H,3-6,13-14,31-32,49H2,1-2H3. The number of hydrogen-bond donors (Lipinski definition) is 0. The van der Waals surface area contributed by atoms with Crippen molar-refractivity contribution in [2.75, 3.05) is 0 Å². The van der Waals surface area contributed by atoms with Crippen LogP contribution in [0.3, 0.4) is 0 Å². The van der Waals surface area contributed by atoms with Crippen LogP contribution in [-0.2, 0) is 0 Å². The van der Waals surface area contributed by atoms with E-state index < -0.39 is 0 Å². The number of hydrogen-bond acceptors (Lipinski definition) is 0. The van der Waals surface area contributed by atoms with Crippen LogP contribution in [-0.4, -0.2) is 9.52 Å². The molecule has 0 heterocycles. The van der Waals surface area contributed by atoms with E-state index in [1.807, 2.05) is 0 Å². The van der Waals surface area contributed by atoms with Crippen molar-refractivity contribution in [2.45, 2.75) is 76.3 Å².